The van der Waals surface area contributed by atoms with Gasteiger partial charge in [0.05, 0.1) is 0 Å². The second-order valence-electron chi connectivity index (χ2n) is 5.76. The van der Waals surface area contributed by atoms with Crippen LogP contribution >= 0.6 is 0 Å². The zero-order valence-corrected chi connectivity index (χ0v) is 11.7. The Labute approximate surface area is 123 Å². The first kappa shape index (κ1) is 12.4. The van der Waals surface area contributed by atoms with Gasteiger partial charge in [0.1, 0.15) is 0 Å². The Morgan fingerprint density at radius 2 is 1.81 bits per heavy atom. The molecule has 21 heavy (non-hydrogen) atoms. The third kappa shape index (κ3) is 1.83. The number of carboxylic acid groups (broad SMARTS) is 1. The van der Waals surface area contributed by atoms with Crippen molar-refractivity contribution in [2.24, 2.45) is 0 Å². The van der Waals surface area contributed by atoms with Gasteiger partial charge in [-0.3, -0.25) is 0 Å². The fraction of sp³-hybridized carbons (Fsp3) is 0.211. The molecule has 2 aromatic rings. The van der Waals surface area contributed by atoms with Crippen molar-refractivity contribution < 1.29 is 9.90 Å². The number of fused-ring (bicyclic) bond motifs is 5. The van der Waals surface area contributed by atoms with Gasteiger partial charge in [-0.15, -0.1) is 0 Å². The number of rotatable bonds is 1. The van der Waals surface area contributed by atoms with Crippen molar-refractivity contribution in [3.63, 3.8) is 0 Å². The molecule has 0 amide bonds. The van der Waals surface area contributed by atoms with Crippen LogP contribution in [0.5, 0.6) is 0 Å². The average molecular weight is 276 g/mol. The minimum Gasteiger partial charge on any atom is -0.478 e. The lowest BCUT2D eigenvalue weighted by molar-refractivity contribution is -0.130. The lowest BCUT2D eigenvalue weighted by Gasteiger charge is -2.19. The summed E-state index contributed by atoms with van der Waals surface area (Å²) in [5.74, 6) is -0.767. The molecule has 0 aliphatic heterocycles. The van der Waals surface area contributed by atoms with E-state index in [4.69, 9.17) is 0 Å². The van der Waals surface area contributed by atoms with E-state index in [1.165, 1.54) is 22.3 Å². The molecule has 0 spiro atoms. The molecule has 0 fully saturated rings. The van der Waals surface area contributed by atoms with Crippen LogP contribution in [0.4, 0.5) is 0 Å². The van der Waals surface area contributed by atoms with Crippen LogP contribution < -0.4 is 10.4 Å². The van der Waals surface area contributed by atoms with Crippen molar-refractivity contribution in [1.29, 1.82) is 0 Å². The summed E-state index contributed by atoms with van der Waals surface area (Å²) in [4.78, 5) is 11.6. The van der Waals surface area contributed by atoms with Crippen LogP contribution in [0.2, 0.25) is 0 Å². The fourth-order valence-electron chi connectivity index (χ4n) is 3.64. The predicted octanol–water partition coefficient (Wildman–Crippen LogP) is 2.26. The molecule has 1 N–H and O–H groups in total. The van der Waals surface area contributed by atoms with Crippen LogP contribution in [0, 0.1) is 0 Å². The summed E-state index contributed by atoms with van der Waals surface area (Å²) in [5, 5.41) is 11.6. The van der Waals surface area contributed by atoms with Crippen LogP contribution in [0.1, 0.15) is 24.0 Å². The zero-order chi connectivity index (χ0) is 14.4. The molecule has 2 aliphatic rings. The van der Waals surface area contributed by atoms with Crippen molar-refractivity contribution in [3.8, 4) is 11.1 Å². The van der Waals surface area contributed by atoms with Crippen molar-refractivity contribution in [3.05, 3.63) is 58.0 Å². The normalized spacial score (nSPS) is 15.5. The first-order chi connectivity index (χ1) is 10.3. The van der Waals surface area contributed by atoms with Gasteiger partial charge in [-0.25, -0.2) is 4.79 Å². The highest BCUT2D eigenvalue weighted by Crippen LogP contribution is 2.25. The molecule has 2 nitrogen and oxygen atoms in total. The molecule has 0 saturated carbocycles. The molecule has 0 atom stereocenters. The molecule has 104 valence electrons. The summed E-state index contributed by atoms with van der Waals surface area (Å²) in [5.41, 5.74) is 5.51. The molecule has 4 rings (SSSR count). The molecule has 0 heterocycles. The van der Waals surface area contributed by atoms with Gasteiger partial charge >= 0.3 is 5.97 Å². The zero-order valence-electron chi connectivity index (χ0n) is 11.7. The van der Waals surface area contributed by atoms with Crippen LogP contribution in [0.3, 0.4) is 0 Å². The van der Waals surface area contributed by atoms with E-state index in [-0.39, 0.29) is 0 Å². The molecule has 2 heteroatoms. The van der Waals surface area contributed by atoms with E-state index >= 15 is 0 Å². The molecular formula is C19H16O2. The van der Waals surface area contributed by atoms with Gasteiger partial charge < -0.3 is 5.11 Å². The summed E-state index contributed by atoms with van der Waals surface area (Å²) in [6.07, 6.45) is 5.67. The first-order valence-corrected chi connectivity index (χ1v) is 7.42. The van der Waals surface area contributed by atoms with E-state index in [0.29, 0.717) is 12.0 Å². The molecule has 0 unspecified atom stereocenters. The largest absolute Gasteiger partial charge is 0.478 e. The number of carboxylic acids is 1. The van der Waals surface area contributed by atoms with Gasteiger partial charge in [0.25, 0.3) is 0 Å². The lowest BCUT2D eigenvalue weighted by Crippen LogP contribution is -2.38. The van der Waals surface area contributed by atoms with E-state index in [1.54, 1.807) is 0 Å². The third-order valence-corrected chi connectivity index (χ3v) is 4.60. The van der Waals surface area contributed by atoms with Crippen LogP contribution in [0.25, 0.3) is 22.8 Å². The fourth-order valence-corrected chi connectivity index (χ4v) is 3.64. The molecule has 0 radical (unpaired) electrons. The maximum atomic E-state index is 11.6. The number of aliphatic carboxylic acids is 1. The van der Waals surface area contributed by atoms with E-state index in [0.717, 1.165) is 29.7 Å². The van der Waals surface area contributed by atoms with Crippen LogP contribution in [-0.2, 0) is 17.6 Å². The van der Waals surface area contributed by atoms with Crippen molar-refractivity contribution >= 4 is 17.6 Å². The Morgan fingerprint density at radius 1 is 0.952 bits per heavy atom. The first-order valence-electron chi connectivity index (χ1n) is 7.42. The van der Waals surface area contributed by atoms with Crippen molar-refractivity contribution in [1.82, 2.24) is 0 Å². The quantitative estimate of drug-likeness (QED) is 0.867. The average Bonchev–Trinajstić information content (AvgIpc) is 2.53. The van der Waals surface area contributed by atoms with Gasteiger partial charge in [0.2, 0.25) is 0 Å². The Morgan fingerprint density at radius 3 is 2.67 bits per heavy atom. The maximum Gasteiger partial charge on any atom is 0.332 e. The van der Waals surface area contributed by atoms with Gasteiger partial charge in [-0.2, -0.15) is 0 Å². The topological polar surface area (TPSA) is 37.3 Å². The lowest BCUT2D eigenvalue weighted by atomic mass is 9.84. The molecule has 2 aliphatic carbocycles. The summed E-state index contributed by atoms with van der Waals surface area (Å²) >= 11 is 0. The third-order valence-electron chi connectivity index (χ3n) is 4.60. The Kier molecular flexibility index (Phi) is 2.71. The van der Waals surface area contributed by atoms with E-state index < -0.39 is 5.97 Å². The van der Waals surface area contributed by atoms with Crippen molar-refractivity contribution in [2.75, 3.05) is 0 Å². The molecular weight excluding hydrogens is 260 g/mol. The SMILES string of the molecule is O=C(O)C1=c2c(ccc3c2=CCc2ccccc2-3)CCC1. The molecule has 0 aromatic heterocycles. The summed E-state index contributed by atoms with van der Waals surface area (Å²) in [6.45, 7) is 0. The summed E-state index contributed by atoms with van der Waals surface area (Å²) in [6, 6.07) is 12.7. The highest BCUT2D eigenvalue weighted by Gasteiger charge is 2.19. The van der Waals surface area contributed by atoms with E-state index in [9.17, 15) is 9.90 Å². The minimum absolute atomic E-state index is 0.587. The highest BCUT2D eigenvalue weighted by atomic mass is 16.4. The Bertz CT molecular complexity index is 875. The van der Waals surface area contributed by atoms with Crippen LogP contribution in [-0.4, -0.2) is 11.1 Å². The van der Waals surface area contributed by atoms with Gasteiger partial charge in [-0.1, -0.05) is 42.5 Å². The maximum absolute atomic E-state index is 11.6. The number of benzene rings is 2. The Balaban J connectivity index is 2.14. The van der Waals surface area contributed by atoms with Gasteiger partial charge in [0.15, 0.2) is 0 Å². The van der Waals surface area contributed by atoms with Gasteiger partial charge in [0, 0.05) is 5.57 Å². The highest BCUT2D eigenvalue weighted by molar-refractivity contribution is 6.09. The smallest absolute Gasteiger partial charge is 0.332 e. The number of hydrogen-bond acceptors (Lipinski definition) is 1. The Hall–Kier alpha value is -2.35. The molecule has 0 bridgehead atoms. The number of carbonyl (C=O) groups is 1. The van der Waals surface area contributed by atoms with Crippen LogP contribution in [0.15, 0.2) is 36.4 Å². The second kappa shape index (κ2) is 4.59. The standard InChI is InChI=1S/C19H16O2/c20-19(21)17-7-3-5-13-9-10-15-14-6-2-1-4-12(14)8-11-16(15)18(13)17/h1-2,4,6,9-11H,3,5,7-8H2,(H,20,21). The van der Waals surface area contributed by atoms with Crippen molar-refractivity contribution in [2.45, 2.75) is 25.7 Å². The van der Waals surface area contributed by atoms with Gasteiger partial charge in [-0.05, 0) is 58.4 Å². The summed E-state index contributed by atoms with van der Waals surface area (Å²) < 4.78 is 0. The molecule has 2 aromatic carbocycles. The summed E-state index contributed by atoms with van der Waals surface area (Å²) in [7, 11) is 0. The molecule has 0 saturated heterocycles. The number of aryl methyl sites for hydroxylation is 1. The van der Waals surface area contributed by atoms with E-state index in [2.05, 4.69) is 42.5 Å². The second-order valence-corrected chi connectivity index (χ2v) is 5.76. The minimum atomic E-state index is -0.767. The van der Waals surface area contributed by atoms with E-state index in [1.807, 2.05) is 0 Å². The predicted molar refractivity (Wildman–Crippen MR) is 83.3 cm³/mol. The number of hydrogen-bond donors (Lipinski definition) is 1. The monoisotopic (exact) mass is 276 g/mol.